The van der Waals surface area contributed by atoms with Gasteiger partial charge in [0.25, 0.3) is 0 Å². The number of hydrogen-bond acceptors (Lipinski definition) is 9. The summed E-state index contributed by atoms with van der Waals surface area (Å²) in [5, 5.41) is 17.3. The summed E-state index contributed by atoms with van der Waals surface area (Å²) >= 11 is 0. The fourth-order valence-corrected chi connectivity index (χ4v) is 5.20. The number of carbonyl (C=O) groups excluding carboxylic acids is 1. The van der Waals surface area contributed by atoms with E-state index in [4.69, 9.17) is 9.72 Å². The van der Waals surface area contributed by atoms with Crippen LogP contribution in [-0.2, 0) is 16.1 Å². The van der Waals surface area contributed by atoms with E-state index in [9.17, 15) is 14.3 Å². The number of aliphatic hydroxyl groups is 1. The zero-order valence-corrected chi connectivity index (χ0v) is 22.9. The van der Waals surface area contributed by atoms with Crippen molar-refractivity contribution in [1.29, 1.82) is 0 Å². The van der Waals surface area contributed by atoms with E-state index in [0.717, 1.165) is 31.1 Å². The van der Waals surface area contributed by atoms with Gasteiger partial charge in [0, 0.05) is 42.0 Å². The van der Waals surface area contributed by atoms with Crippen LogP contribution in [0.4, 0.5) is 21.7 Å². The van der Waals surface area contributed by atoms with E-state index in [1.165, 1.54) is 17.9 Å². The lowest BCUT2D eigenvalue weighted by molar-refractivity contribution is -0.139. The molecule has 1 fully saturated rings. The van der Waals surface area contributed by atoms with Gasteiger partial charge in [-0.2, -0.15) is 5.10 Å². The highest BCUT2D eigenvalue weighted by Crippen LogP contribution is 2.30. The number of anilines is 3. The van der Waals surface area contributed by atoms with Crippen molar-refractivity contribution in [3.63, 3.8) is 0 Å². The largest absolute Gasteiger partial charge is 0.468 e. The Balaban J connectivity index is 1.38. The molecular weight excluding hydrogens is 513 g/mol. The summed E-state index contributed by atoms with van der Waals surface area (Å²) < 4.78 is 21.5. The zero-order chi connectivity index (χ0) is 28.2. The molecule has 3 heterocycles. The minimum Gasteiger partial charge on any atom is -0.468 e. The van der Waals surface area contributed by atoms with Gasteiger partial charge in [0.2, 0.25) is 0 Å². The molecule has 1 aliphatic carbocycles. The molecule has 4 aromatic rings. The minimum atomic E-state index is -0.472. The minimum absolute atomic E-state index is 0.121. The molecule has 0 unspecified atom stereocenters. The lowest BCUT2D eigenvalue weighted by atomic mass is 9.89. The summed E-state index contributed by atoms with van der Waals surface area (Å²) in [6.07, 6.45) is 7.37. The Morgan fingerprint density at radius 2 is 1.90 bits per heavy atom. The van der Waals surface area contributed by atoms with Crippen LogP contribution in [0.1, 0.15) is 31.4 Å². The van der Waals surface area contributed by atoms with Crippen molar-refractivity contribution in [2.75, 3.05) is 38.0 Å². The first kappa shape index (κ1) is 27.5. The number of carbonyl (C=O) groups is 1. The monoisotopic (exact) mass is 547 g/mol. The Bertz CT molecular complexity index is 1480. The van der Waals surface area contributed by atoms with Crippen molar-refractivity contribution in [2.45, 2.75) is 44.4 Å². The second-order valence-electron chi connectivity index (χ2n) is 10.3. The van der Waals surface area contributed by atoms with Crippen LogP contribution in [0.15, 0.2) is 54.9 Å². The van der Waals surface area contributed by atoms with E-state index in [-0.39, 0.29) is 30.9 Å². The molecule has 2 N–H and O–H groups in total. The molecule has 40 heavy (non-hydrogen) atoms. The van der Waals surface area contributed by atoms with Gasteiger partial charge >= 0.3 is 5.97 Å². The third-order valence-corrected chi connectivity index (χ3v) is 7.50. The number of fused-ring (bicyclic) bond motifs is 1. The number of hydrogen-bond donors (Lipinski definition) is 2. The van der Waals surface area contributed by atoms with E-state index in [0.29, 0.717) is 34.6 Å². The highest BCUT2D eigenvalue weighted by atomic mass is 19.1. The molecule has 1 aliphatic rings. The van der Waals surface area contributed by atoms with E-state index < -0.39 is 5.82 Å². The fourth-order valence-electron chi connectivity index (χ4n) is 5.20. The number of rotatable bonds is 9. The normalized spacial score (nSPS) is 17.2. The van der Waals surface area contributed by atoms with Crippen LogP contribution in [0, 0.1) is 5.82 Å². The first-order valence-electron chi connectivity index (χ1n) is 13.3. The van der Waals surface area contributed by atoms with E-state index in [2.05, 4.69) is 34.4 Å². The first-order chi connectivity index (χ1) is 19.3. The van der Waals surface area contributed by atoms with Crippen molar-refractivity contribution >= 4 is 34.2 Å². The molecule has 5 rings (SSSR count). The first-order valence-corrected chi connectivity index (χ1v) is 13.3. The lowest BCUT2D eigenvalue weighted by Gasteiger charge is -2.39. The summed E-state index contributed by atoms with van der Waals surface area (Å²) in [6.45, 7) is -0.0629. The summed E-state index contributed by atoms with van der Waals surface area (Å²) in [7, 11) is 5.61. The van der Waals surface area contributed by atoms with Gasteiger partial charge in [0.05, 0.1) is 36.3 Å². The molecule has 11 heteroatoms. The van der Waals surface area contributed by atoms with Gasteiger partial charge < -0.3 is 25.0 Å². The van der Waals surface area contributed by atoms with Crippen LogP contribution >= 0.6 is 0 Å². The number of aromatic nitrogens is 4. The average molecular weight is 548 g/mol. The number of esters is 1. The van der Waals surface area contributed by atoms with Gasteiger partial charge in [0.1, 0.15) is 24.0 Å². The zero-order valence-electron chi connectivity index (χ0n) is 22.9. The van der Waals surface area contributed by atoms with Crippen LogP contribution in [0.2, 0.25) is 0 Å². The van der Waals surface area contributed by atoms with Crippen LogP contribution < -0.4 is 10.2 Å². The van der Waals surface area contributed by atoms with Gasteiger partial charge in [-0.1, -0.05) is 0 Å². The molecule has 0 atom stereocenters. The van der Waals surface area contributed by atoms with Crippen LogP contribution in [-0.4, -0.2) is 75.6 Å². The van der Waals surface area contributed by atoms with Crippen LogP contribution in [0.25, 0.3) is 16.6 Å². The number of aliphatic hydroxyl groups excluding tert-OH is 1. The fraction of sp³-hybridized carbons (Fsp3) is 0.379. The number of pyridine rings is 2. The van der Waals surface area contributed by atoms with Gasteiger partial charge in [-0.15, -0.1) is 0 Å². The smallest absolute Gasteiger partial charge is 0.325 e. The van der Waals surface area contributed by atoms with Crippen molar-refractivity contribution < 1.29 is 19.0 Å². The molecule has 0 radical (unpaired) electrons. The Labute approximate surface area is 232 Å². The molecule has 1 saturated carbocycles. The molecule has 10 nitrogen and oxygen atoms in total. The number of nitrogens with zero attached hydrogens (tertiary/aromatic N) is 6. The molecule has 0 saturated heterocycles. The van der Waals surface area contributed by atoms with Crippen LogP contribution in [0.3, 0.4) is 0 Å². The number of halogens is 1. The highest BCUT2D eigenvalue weighted by molar-refractivity contribution is 5.83. The third kappa shape index (κ3) is 6.05. The summed E-state index contributed by atoms with van der Waals surface area (Å²) in [6, 6.07) is 12.7. The lowest BCUT2D eigenvalue weighted by Crippen LogP contribution is -2.45. The van der Waals surface area contributed by atoms with Crippen molar-refractivity contribution in [3.05, 3.63) is 66.4 Å². The Morgan fingerprint density at radius 3 is 2.58 bits per heavy atom. The van der Waals surface area contributed by atoms with Crippen molar-refractivity contribution in [1.82, 2.24) is 24.6 Å². The SMILES string of the molecule is COC(=O)CN(c1ccc2cnc(Nc3ccc(-n4ccc(CO)n4)cc3F)cc2n1)C1CCC(N(C)C)CC1. The maximum Gasteiger partial charge on any atom is 0.325 e. The van der Waals surface area contributed by atoms with Crippen molar-refractivity contribution in [2.24, 2.45) is 0 Å². The molecule has 1 aromatic carbocycles. The number of nitrogens with one attached hydrogen (secondary N) is 1. The van der Waals surface area contributed by atoms with Crippen LogP contribution in [0.5, 0.6) is 0 Å². The number of ether oxygens (including phenoxy) is 1. The summed E-state index contributed by atoms with van der Waals surface area (Å²) in [4.78, 5) is 25.9. The average Bonchev–Trinajstić information content (AvgIpc) is 3.46. The molecule has 0 aliphatic heterocycles. The molecule has 3 aromatic heterocycles. The Morgan fingerprint density at radius 1 is 1.12 bits per heavy atom. The van der Waals surface area contributed by atoms with Gasteiger partial charge in [-0.3, -0.25) is 4.79 Å². The maximum atomic E-state index is 15.0. The summed E-state index contributed by atoms with van der Waals surface area (Å²) in [5.41, 5.74) is 1.97. The topological polar surface area (TPSA) is 109 Å². The molecule has 210 valence electrons. The summed E-state index contributed by atoms with van der Waals surface area (Å²) in [5.74, 6) is 0.354. The van der Waals surface area contributed by atoms with E-state index >= 15 is 0 Å². The van der Waals surface area contributed by atoms with Gasteiger partial charge in [-0.05, 0) is 70.1 Å². The molecule has 0 bridgehead atoms. The van der Waals surface area contributed by atoms with Gasteiger partial charge in [-0.25, -0.2) is 19.0 Å². The second kappa shape index (κ2) is 12.0. The predicted octanol–water partition coefficient (Wildman–Crippen LogP) is 4.04. The molecule has 0 amide bonds. The van der Waals surface area contributed by atoms with Gasteiger partial charge in [0.15, 0.2) is 0 Å². The van der Waals surface area contributed by atoms with E-state index in [1.54, 1.807) is 36.7 Å². The van der Waals surface area contributed by atoms with Crippen molar-refractivity contribution in [3.8, 4) is 5.69 Å². The second-order valence-corrected chi connectivity index (χ2v) is 10.3. The molecular formula is C29H34FN7O3. The standard InChI is InChI=1S/C29H34FN7O3/c1-35(2)21-5-7-22(8-6-21)36(17-29(39)40-3)28-11-4-19-16-31-27(15-26(19)33-28)32-25-10-9-23(14-24(25)30)37-13-12-20(18-38)34-37/h4,9-16,21-22,38H,5-8,17-18H2,1-3H3,(H,31,32). The predicted molar refractivity (Wildman–Crippen MR) is 151 cm³/mol. The Kier molecular flexibility index (Phi) is 8.22. The maximum absolute atomic E-state index is 15.0. The third-order valence-electron chi connectivity index (χ3n) is 7.50. The molecule has 0 spiro atoms. The quantitative estimate of drug-likeness (QED) is 0.300. The Hall–Kier alpha value is -4.09. The highest BCUT2D eigenvalue weighted by Gasteiger charge is 2.29. The van der Waals surface area contributed by atoms with E-state index in [1.807, 2.05) is 17.0 Å². The number of benzene rings is 1. The number of methoxy groups -OCH3 is 1.